The first kappa shape index (κ1) is 14.0. The van der Waals surface area contributed by atoms with Crippen molar-refractivity contribution in [2.45, 2.75) is 19.4 Å². The Hall–Kier alpha value is -1.39. The number of nitrogens with one attached hydrogen (secondary N) is 1. The van der Waals surface area contributed by atoms with Crippen LogP contribution in [0.4, 0.5) is 4.39 Å². The van der Waals surface area contributed by atoms with Crippen LogP contribution in [0.1, 0.15) is 24.1 Å². The topological polar surface area (TPSA) is 29.9 Å². The Kier molecular flexibility index (Phi) is 4.56. The average molecular weight is 282 g/mol. The van der Waals surface area contributed by atoms with Gasteiger partial charge in [-0.25, -0.2) is 4.39 Å². The molecule has 2 aromatic rings. The van der Waals surface area contributed by atoms with E-state index in [-0.39, 0.29) is 16.9 Å². The summed E-state index contributed by atoms with van der Waals surface area (Å²) in [6, 6.07) is 4.99. The minimum absolute atomic E-state index is 0.0865. The van der Waals surface area contributed by atoms with E-state index in [0.29, 0.717) is 0 Å². The van der Waals surface area contributed by atoms with Crippen molar-refractivity contribution in [2.75, 3.05) is 6.54 Å². The number of halogens is 2. The van der Waals surface area contributed by atoms with Gasteiger partial charge < -0.3 is 5.32 Å². The molecule has 0 radical (unpaired) electrons. The smallest absolute Gasteiger partial charge is 0.142 e. The Morgan fingerprint density at radius 2 is 2.26 bits per heavy atom. The molecule has 0 saturated carbocycles. The fourth-order valence-electron chi connectivity index (χ4n) is 1.93. The molecular formula is C14H17ClFN3. The Balaban J connectivity index is 1.86. The quantitative estimate of drug-likeness (QED) is 0.913. The molecule has 5 heteroatoms. The monoisotopic (exact) mass is 281 g/mol. The van der Waals surface area contributed by atoms with Crippen molar-refractivity contribution >= 4 is 11.6 Å². The summed E-state index contributed by atoms with van der Waals surface area (Å²) in [5.74, 6) is -0.375. The lowest BCUT2D eigenvalue weighted by Gasteiger charge is -2.14. The van der Waals surface area contributed by atoms with Gasteiger partial charge >= 0.3 is 0 Å². The van der Waals surface area contributed by atoms with Gasteiger partial charge in [-0.05, 0) is 43.1 Å². The van der Waals surface area contributed by atoms with E-state index in [4.69, 9.17) is 11.6 Å². The molecule has 2 rings (SSSR count). The highest BCUT2D eigenvalue weighted by Gasteiger charge is 2.08. The van der Waals surface area contributed by atoms with E-state index in [2.05, 4.69) is 10.4 Å². The second-order valence-corrected chi connectivity index (χ2v) is 5.03. The SMILES string of the molecule is CC(NCCc1cnn(C)c1)c1ccc(Cl)c(F)c1. The molecule has 1 unspecified atom stereocenters. The summed E-state index contributed by atoms with van der Waals surface area (Å²) in [5, 5.41) is 7.63. The molecule has 0 spiro atoms. The highest BCUT2D eigenvalue weighted by molar-refractivity contribution is 6.30. The maximum Gasteiger partial charge on any atom is 0.142 e. The van der Waals surface area contributed by atoms with Gasteiger partial charge in [0.05, 0.1) is 11.2 Å². The molecule has 0 aliphatic carbocycles. The number of aryl methyl sites for hydroxylation is 1. The van der Waals surface area contributed by atoms with Gasteiger partial charge in [0, 0.05) is 19.3 Å². The lowest BCUT2D eigenvalue weighted by Crippen LogP contribution is -2.21. The summed E-state index contributed by atoms with van der Waals surface area (Å²) in [6.07, 6.45) is 4.75. The summed E-state index contributed by atoms with van der Waals surface area (Å²) < 4.78 is 15.1. The van der Waals surface area contributed by atoms with Crippen molar-refractivity contribution < 1.29 is 4.39 Å². The summed E-state index contributed by atoms with van der Waals surface area (Å²) in [5.41, 5.74) is 2.08. The number of hydrogen-bond donors (Lipinski definition) is 1. The second kappa shape index (κ2) is 6.17. The molecule has 19 heavy (non-hydrogen) atoms. The molecule has 0 bridgehead atoms. The van der Waals surface area contributed by atoms with Crippen LogP contribution in [0.3, 0.4) is 0 Å². The van der Waals surface area contributed by atoms with Crippen LogP contribution in [0.2, 0.25) is 5.02 Å². The third-order valence-electron chi connectivity index (χ3n) is 3.07. The zero-order chi connectivity index (χ0) is 13.8. The third kappa shape index (κ3) is 3.78. The lowest BCUT2D eigenvalue weighted by atomic mass is 10.1. The maximum atomic E-state index is 13.4. The molecule has 0 aliphatic rings. The van der Waals surface area contributed by atoms with E-state index >= 15 is 0 Å². The highest BCUT2D eigenvalue weighted by atomic mass is 35.5. The van der Waals surface area contributed by atoms with Gasteiger partial charge in [0.15, 0.2) is 0 Å². The van der Waals surface area contributed by atoms with Crippen LogP contribution in [-0.2, 0) is 13.5 Å². The molecule has 1 heterocycles. The first-order chi connectivity index (χ1) is 9.06. The molecule has 0 amide bonds. The van der Waals surface area contributed by atoms with E-state index in [1.807, 2.05) is 32.4 Å². The predicted octanol–water partition coefficient (Wildman–Crippen LogP) is 3.11. The molecule has 3 nitrogen and oxygen atoms in total. The van der Waals surface area contributed by atoms with Crippen molar-refractivity contribution in [1.29, 1.82) is 0 Å². The minimum Gasteiger partial charge on any atom is -0.310 e. The van der Waals surface area contributed by atoms with E-state index in [0.717, 1.165) is 18.5 Å². The van der Waals surface area contributed by atoms with Gasteiger partial charge in [-0.3, -0.25) is 4.68 Å². The first-order valence-corrected chi connectivity index (χ1v) is 6.60. The van der Waals surface area contributed by atoms with Crippen molar-refractivity contribution in [3.63, 3.8) is 0 Å². The van der Waals surface area contributed by atoms with Crippen LogP contribution in [-0.4, -0.2) is 16.3 Å². The van der Waals surface area contributed by atoms with Crippen LogP contribution >= 0.6 is 11.6 Å². The van der Waals surface area contributed by atoms with Crippen LogP contribution in [0.25, 0.3) is 0 Å². The van der Waals surface area contributed by atoms with Gasteiger partial charge in [0.2, 0.25) is 0 Å². The predicted molar refractivity (Wildman–Crippen MR) is 74.7 cm³/mol. The third-order valence-corrected chi connectivity index (χ3v) is 3.37. The fraction of sp³-hybridized carbons (Fsp3) is 0.357. The largest absolute Gasteiger partial charge is 0.310 e. The average Bonchev–Trinajstić information content (AvgIpc) is 2.78. The number of benzene rings is 1. The molecular weight excluding hydrogens is 265 g/mol. The standard InChI is InChI=1S/C14H17ClFN3/c1-10(12-3-4-13(15)14(16)7-12)17-6-5-11-8-18-19(2)9-11/h3-4,7-10,17H,5-6H2,1-2H3. The van der Waals surface area contributed by atoms with Gasteiger partial charge in [-0.15, -0.1) is 0 Å². The lowest BCUT2D eigenvalue weighted by molar-refractivity contribution is 0.567. The minimum atomic E-state index is -0.375. The molecule has 0 saturated heterocycles. The molecule has 102 valence electrons. The molecule has 0 fully saturated rings. The number of hydrogen-bond acceptors (Lipinski definition) is 2. The number of rotatable bonds is 5. The summed E-state index contributed by atoms with van der Waals surface area (Å²) in [6.45, 7) is 2.82. The molecule has 0 aliphatic heterocycles. The summed E-state index contributed by atoms with van der Waals surface area (Å²) in [7, 11) is 1.90. The molecule has 1 aromatic heterocycles. The van der Waals surface area contributed by atoms with Crippen molar-refractivity contribution in [3.8, 4) is 0 Å². The van der Waals surface area contributed by atoms with Gasteiger partial charge in [0.1, 0.15) is 5.82 Å². The van der Waals surface area contributed by atoms with E-state index in [1.165, 1.54) is 11.6 Å². The zero-order valence-corrected chi connectivity index (χ0v) is 11.8. The van der Waals surface area contributed by atoms with Crippen LogP contribution < -0.4 is 5.32 Å². The zero-order valence-electron chi connectivity index (χ0n) is 11.0. The summed E-state index contributed by atoms with van der Waals surface area (Å²) in [4.78, 5) is 0. The maximum absolute atomic E-state index is 13.4. The van der Waals surface area contributed by atoms with Crippen molar-refractivity contribution in [2.24, 2.45) is 7.05 Å². The first-order valence-electron chi connectivity index (χ1n) is 6.22. The van der Waals surface area contributed by atoms with Crippen LogP contribution in [0, 0.1) is 5.82 Å². The normalized spacial score (nSPS) is 12.6. The Bertz CT molecular complexity index is 553. The summed E-state index contributed by atoms with van der Waals surface area (Å²) >= 11 is 5.67. The Morgan fingerprint density at radius 3 is 2.89 bits per heavy atom. The Morgan fingerprint density at radius 1 is 1.47 bits per heavy atom. The van der Waals surface area contributed by atoms with Gasteiger partial charge in [0.25, 0.3) is 0 Å². The van der Waals surface area contributed by atoms with E-state index in [9.17, 15) is 4.39 Å². The molecule has 1 aromatic carbocycles. The van der Waals surface area contributed by atoms with Crippen LogP contribution in [0.15, 0.2) is 30.6 Å². The van der Waals surface area contributed by atoms with E-state index in [1.54, 1.807) is 10.7 Å². The molecule has 1 N–H and O–H groups in total. The molecule has 1 atom stereocenters. The second-order valence-electron chi connectivity index (χ2n) is 4.62. The van der Waals surface area contributed by atoms with Crippen molar-refractivity contribution in [3.05, 3.63) is 52.6 Å². The van der Waals surface area contributed by atoms with Crippen molar-refractivity contribution in [1.82, 2.24) is 15.1 Å². The van der Waals surface area contributed by atoms with Gasteiger partial charge in [-0.2, -0.15) is 5.10 Å². The fourth-order valence-corrected chi connectivity index (χ4v) is 2.05. The number of aromatic nitrogens is 2. The number of nitrogens with zero attached hydrogens (tertiary/aromatic N) is 2. The highest BCUT2D eigenvalue weighted by Crippen LogP contribution is 2.19. The van der Waals surface area contributed by atoms with E-state index < -0.39 is 0 Å². The Labute approximate surface area is 117 Å². The van der Waals surface area contributed by atoms with Gasteiger partial charge in [-0.1, -0.05) is 17.7 Å². The van der Waals surface area contributed by atoms with Crippen LogP contribution in [0.5, 0.6) is 0 Å².